The fourth-order valence-electron chi connectivity index (χ4n) is 1.68. The highest BCUT2D eigenvalue weighted by atomic mass is 16.5. The molecule has 4 heteroatoms. The molecule has 1 unspecified atom stereocenters. The van der Waals surface area contributed by atoms with E-state index in [1.165, 1.54) is 5.56 Å². The SMILES string of the molecule is COCCOCCNC(CO)Cc1ccccc1. The standard InChI is InChI=1S/C14H23NO3/c1-17-9-10-18-8-7-15-14(12-16)11-13-5-3-2-4-6-13/h2-6,14-16H,7-12H2,1H3. The highest BCUT2D eigenvalue weighted by molar-refractivity contribution is 5.15. The van der Waals surface area contributed by atoms with E-state index in [2.05, 4.69) is 17.4 Å². The van der Waals surface area contributed by atoms with Crippen LogP contribution < -0.4 is 5.32 Å². The van der Waals surface area contributed by atoms with Gasteiger partial charge in [-0.05, 0) is 12.0 Å². The summed E-state index contributed by atoms with van der Waals surface area (Å²) in [6.07, 6.45) is 0.829. The van der Waals surface area contributed by atoms with E-state index < -0.39 is 0 Å². The Labute approximate surface area is 109 Å². The highest BCUT2D eigenvalue weighted by Crippen LogP contribution is 2.02. The average molecular weight is 253 g/mol. The second-order valence-electron chi connectivity index (χ2n) is 4.13. The third-order valence-corrected chi connectivity index (χ3v) is 2.66. The van der Waals surface area contributed by atoms with Crippen LogP contribution in [0.1, 0.15) is 5.56 Å². The molecule has 0 fully saturated rings. The van der Waals surface area contributed by atoms with Crippen LogP contribution in [-0.4, -0.2) is 51.2 Å². The van der Waals surface area contributed by atoms with Crippen LogP contribution in [0.4, 0.5) is 0 Å². The van der Waals surface area contributed by atoms with Crippen LogP contribution in [0.3, 0.4) is 0 Å². The van der Waals surface area contributed by atoms with E-state index in [0.717, 1.165) is 13.0 Å². The molecule has 0 radical (unpaired) electrons. The molecule has 0 aliphatic rings. The average Bonchev–Trinajstić information content (AvgIpc) is 2.42. The van der Waals surface area contributed by atoms with E-state index >= 15 is 0 Å². The number of aliphatic hydroxyl groups excluding tert-OH is 1. The van der Waals surface area contributed by atoms with E-state index in [1.807, 2.05) is 18.2 Å². The van der Waals surface area contributed by atoms with Gasteiger partial charge >= 0.3 is 0 Å². The van der Waals surface area contributed by atoms with Gasteiger partial charge in [-0.15, -0.1) is 0 Å². The van der Waals surface area contributed by atoms with Crippen molar-refractivity contribution in [1.82, 2.24) is 5.32 Å². The number of hydrogen-bond acceptors (Lipinski definition) is 4. The zero-order valence-corrected chi connectivity index (χ0v) is 11.0. The maximum Gasteiger partial charge on any atom is 0.0700 e. The molecule has 0 aliphatic carbocycles. The lowest BCUT2D eigenvalue weighted by Crippen LogP contribution is -2.36. The lowest BCUT2D eigenvalue weighted by molar-refractivity contribution is 0.0700. The molecule has 0 bridgehead atoms. The number of hydrogen-bond donors (Lipinski definition) is 2. The molecule has 1 aromatic carbocycles. The van der Waals surface area contributed by atoms with E-state index in [1.54, 1.807) is 7.11 Å². The van der Waals surface area contributed by atoms with Crippen LogP contribution in [0.25, 0.3) is 0 Å². The first-order valence-electron chi connectivity index (χ1n) is 6.31. The van der Waals surface area contributed by atoms with Gasteiger partial charge in [0, 0.05) is 19.7 Å². The van der Waals surface area contributed by atoms with Crippen molar-refractivity contribution in [2.45, 2.75) is 12.5 Å². The van der Waals surface area contributed by atoms with Crippen molar-refractivity contribution in [1.29, 1.82) is 0 Å². The van der Waals surface area contributed by atoms with Gasteiger partial charge in [0.15, 0.2) is 0 Å². The molecule has 18 heavy (non-hydrogen) atoms. The Bertz CT molecular complexity index is 292. The molecule has 4 nitrogen and oxygen atoms in total. The smallest absolute Gasteiger partial charge is 0.0700 e. The summed E-state index contributed by atoms with van der Waals surface area (Å²) in [5.74, 6) is 0. The van der Waals surface area contributed by atoms with Crippen LogP contribution >= 0.6 is 0 Å². The van der Waals surface area contributed by atoms with Gasteiger partial charge in [-0.2, -0.15) is 0 Å². The third kappa shape index (κ3) is 6.71. The zero-order chi connectivity index (χ0) is 13.1. The summed E-state index contributed by atoms with van der Waals surface area (Å²) < 4.78 is 10.2. The van der Waals surface area contributed by atoms with Crippen molar-refractivity contribution in [2.24, 2.45) is 0 Å². The molecule has 102 valence electrons. The molecule has 0 aliphatic heterocycles. The molecule has 0 saturated carbocycles. The van der Waals surface area contributed by atoms with Crippen molar-refractivity contribution in [3.05, 3.63) is 35.9 Å². The fourth-order valence-corrected chi connectivity index (χ4v) is 1.68. The highest BCUT2D eigenvalue weighted by Gasteiger charge is 2.06. The second kappa shape index (κ2) is 10.0. The first kappa shape index (κ1) is 15.1. The molecule has 0 saturated heterocycles. The monoisotopic (exact) mass is 253 g/mol. The van der Waals surface area contributed by atoms with Crippen molar-refractivity contribution in [3.63, 3.8) is 0 Å². The minimum atomic E-state index is 0.0819. The first-order valence-corrected chi connectivity index (χ1v) is 6.31. The first-order chi connectivity index (χ1) is 8.86. The fraction of sp³-hybridized carbons (Fsp3) is 0.571. The quantitative estimate of drug-likeness (QED) is 0.607. The van der Waals surface area contributed by atoms with Gasteiger partial charge in [-0.3, -0.25) is 0 Å². The molecular formula is C14H23NO3. The van der Waals surface area contributed by atoms with E-state index in [4.69, 9.17) is 9.47 Å². The van der Waals surface area contributed by atoms with Gasteiger partial charge in [-0.1, -0.05) is 30.3 Å². The number of methoxy groups -OCH3 is 1. The van der Waals surface area contributed by atoms with Crippen LogP contribution in [-0.2, 0) is 15.9 Å². The van der Waals surface area contributed by atoms with Crippen LogP contribution in [0.2, 0.25) is 0 Å². The van der Waals surface area contributed by atoms with Crippen molar-refractivity contribution in [2.75, 3.05) is 40.1 Å². The third-order valence-electron chi connectivity index (χ3n) is 2.66. The molecule has 0 aromatic heterocycles. The minimum Gasteiger partial charge on any atom is -0.395 e. The number of nitrogens with one attached hydrogen (secondary N) is 1. The van der Waals surface area contributed by atoms with Gasteiger partial charge in [0.2, 0.25) is 0 Å². The predicted molar refractivity (Wildman–Crippen MR) is 71.7 cm³/mol. The molecule has 1 aromatic rings. The summed E-state index contributed by atoms with van der Waals surface area (Å²) in [5.41, 5.74) is 1.23. The number of aliphatic hydroxyl groups is 1. The van der Waals surface area contributed by atoms with E-state index in [-0.39, 0.29) is 12.6 Å². The normalized spacial score (nSPS) is 12.6. The maximum absolute atomic E-state index is 9.30. The second-order valence-corrected chi connectivity index (χ2v) is 4.13. The Morgan fingerprint density at radius 3 is 2.61 bits per heavy atom. The summed E-state index contributed by atoms with van der Waals surface area (Å²) in [6, 6.07) is 10.2. The molecule has 0 spiro atoms. The zero-order valence-electron chi connectivity index (χ0n) is 11.0. The van der Waals surface area contributed by atoms with E-state index in [9.17, 15) is 5.11 Å². The Morgan fingerprint density at radius 1 is 1.17 bits per heavy atom. The molecular weight excluding hydrogens is 230 g/mol. The summed E-state index contributed by atoms with van der Waals surface area (Å²) in [5, 5.41) is 12.6. The molecule has 1 atom stereocenters. The van der Waals surface area contributed by atoms with Crippen LogP contribution in [0.15, 0.2) is 30.3 Å². The Hall–Kier alpha value is -0.940. The predicted octanol–water partition coefficient (Wildman–Crippen LogP) is 0.843. The van der Waals surface area contributed by atoms with Crippen molar-refractivity contribution < 1.29 is 14.6 Å². The van der Waals surface area contributed by atoms with Gasteiger partial charge in [-0.25, -0.2) is 0 Å². The van der Waals surface area contributed by atoms with Gasteiger partial charge < -0.3 is 19.9 Å². The maximum atomic E-state index is 9.30. The number of ether oxygens (including phenoxy) is 2. The van der Waals surface area contributed by atoms with Crippen LogP contribution in [0.5, 0.6) is 0 Å². The number of benzene rings is 1. The topological polar surface area (TPSA) is 50.7 Å². The summed E-state index contributed by atoms with van der Waals surface area (Å²) in [4.78, 5) is 0. The molecule has 2 N–H and O–H groups in total. The summed E-state index contributed by atoms with van der Waals surface area (Å²) in [7, 11) is 1.66. The van der Waals surface area contributed by atoms with Gasteiger partial charge in [0.05, 0.1) is 26.4 Å². The Kier molecular flexibility index (Phi) is 8.42. The van der Waals surface area contributed by atoms with E-state index in [0.29, 0.717) is 19.8 Å². The summed E-state index contributed by atoms with van der Waals surface area (Å²) in [6.45, 7) is 2.73. The largest absolute Gasteiger partial charge is 0.395 e. The van der Waals surface area contributed by atoms with Crippen molar-refractivity contribution >= 4 is 0 Å². The van der Waals surface area contributed by atoms with Crippen molar-refractivity contribution in [3.8, 4) is 0 Å². The number of rotatable bonds is 10. The molecule has 1 rings (SSSR count). The molecule has 0 amide bonds. The lowest BCUT2D eigenvalue weighted by atomic mass is 10.1. The van der Waals surface area contributed by atoms with Crippen LogP contribution in [0, 0.1) is 0 Å². The lowest BCUT2D eigenvalue weighted by Gasteiger charge is -2.16. The Morgan fingerprint density at radius 2 is 1.94 bits per heavy atom. The van der Waals surface area contributed by atoms with Gasteiger partial charge in [0.25, 0.3) is 0 Å². The molecule has 0 heterocycles. The minimum absolute atomic E-state index is 0.0819. The Balaban J connectivity index is 2.14. The van der Waals surface area contributed by atoms with Gasteiger partial charge in [0.1, 0.15) is 0 Å². The summed E-state index contributed by atoms with van der Waals surface area (Å²) >= 11 is 0.